The summed E-state index contributed by atoms with van der Waals surface area (Å²) in [6, 6.07) is 3.27. The molecule has 0 radical (unpaired) electrons. The van der Waals surface area contributed by atoms with Gasteiger partial charge in [-0.1, -0.05) is 34.8 Å². The number of amides is 2. The van der Waals surface area contributed by atoms with Crippen molar-refractivity contribution < 1.29 is 9.59 Å². The molecule has 2 amide bonds. The molecule has 0 aliphatic heterocycles. The van der Waals surface area contributed by atoms with E-state index in [0.717, 1.165) is 4.70 Å². The van der Waals surface area contributed by atoms with Gasteiger partial charge in [-0.3, -0.25) is 9.59 Å². The van der Waals surface area contributed by atoms with E-state index in [1.807, 2.05) is 20.8 Å². The van der Waals surface area contributed by atoms with Crippen LogP contribution in [0, 0.1) is 0 Å². The molecule has 0 unspecified atom stereocenters. The minimum absolute atomic E-state index is 0.130. The zero-order valence-corrected chi connectivity index (χ0v) is 15.8. The third kappa shape index (κ3) is 4.51. The summed E-state index contributed by atoms with van der Waals surface area (Å²) in [5, 5.41) is 7.03. The monoisotopic (exact) mass is 392 g/mol. The normalized spacial score (nSPS) is 11.6. The number of halogens is 3. The van der Waals surface area contributed by atoms with Gasteiger partial charge in [0.25, 0.3) is 5.91 Å². The summed E-state index contributed by atoms with van der Waals surface area (Å²) in [5.41, 5.74) is -0.360. The summed E-state index contributed by atoms with van der Waals surface area (Å²) >= 11 is 19.5. The highest BCUT2D eigenvalue weighted by molar-refractivity contribution is 7.21. The van der Waals surface area contributed by atoms with E-state index in [1.165, 1.54) is 11.3 Å². The van der Waals surface area contributed by atoms with Crippen LogP contribution in [0.5, 0.6) is 0 Å². The quantitative estimate of drug-likeness (QED) is 0.806. The second-order valence-electron chi connectivity index (χ2n) is 5.99. The van der Waals surface area contributed by atoms with Crippen molar-refractivity contribution in [2.75, 3.05) is 6.54 Å². The number of fused-ring (bicyclic) bond motifs is 1. The summed E-state index contributed by atoms with van der Waals surface area (Å²) in [4.78, 5) is 24.3. The van der Waals surface area contributed by atoms with Crippen LogP contribution in [0.1, 0.15) is 30.4 Å². The average Bonchev–Trinajstić information content (AvgIpc) is 2.71. The first-order valence-electron chi connectivity index (χ1n) is 6.75. The van der Waals surface area contributed by atoms with Gasteiger partial charge in [-0.05, 0) is 32.9 Å². The molecule has 23 heavy (non-hydrogen) atoms. The zero-order valence-electron chi connectivity index (χ0n) is 12.7. The highest BCUT2D eigenvalue weighted by atomic mass is 35.5. The second-order valence-corrected chi connectivity index (χ2v) is 8.26. The van der Waals surface area contributed by atoms with E-state index < -0.39 is 5.91 Å². The van der Waals surface area contributed by atoms with Gasteiger partial charge in [-0.15, -0.1) is 11.3 Å². The molecule has 0 atom stereocenters. The van der Waals surface area contributed by atoms with E-state index in [2.05, 4.69) is 10.6 Å². The van der Waals surface area contributed by atoms with E-state index in [1.54, 1.807) is 12.1 Å². The third-order valence-corrected chi connectivity index (χ3v) is 4.92. The molecular formula is C15H15Cl3N2O2S. The average molecular weight is 394 g/mol. The van der Waals surface area contributed by atoms with Crippen LogP contribution in [0.2, 0.25) is 15.1 Å². The number of thiophene rings is 1. The molecular weight excluding hydrogens is 379 g/mol. The molecule has 2 N–H and O–H groups in total. The highest BCUT2D eigenvalue weighted by Crippen LogP contribution is 2.41. The van der Waals surface area contributed by atoms with Crippen molar-refractivity contribution >= 4 is 68.0 Å². The number of hydrogen-bond donors (Lipinski definition) is 2. The summed E-state index contributed by atoms with van der Waals surface area (Å²) in [6.45, 7) is 5.46. The molecule has 4 nitrogen and oxygen atoms in total. The van der Waals surface area contributed by atoms with Crippen molar-refractivity contribution in [3.05, 3.63) is 32.1 Å². The predicted molar refractivity (Wildman–Crippen MR) is 97.1 cm³/mol. The maximum Gasteiger partial charge on any atom is 0.263 e. The first-order valence-corrected chi connectivity index (χ1v) is 8.70. The van der Waals surface area contributed by atoms with E-state index in [9.17, 15) is 9.59 Å². The molecule has 0 spiro atoms. The zero-order chi connectivity index (χ0) is 17.4. The fourth-order valence-electron chi connectivity index (χ4n) is 1.96. The Morgan fingerprint density at radius 1 is 1.17 bits per heavy atom. The van der Waals surface area contributed by atoms with Gasteiger partial charge in [0.05, 0.1) is 16.6 Å². The molecule has 0 bridgehead atoms. The smallest absolute Gasteiger partial charge is 0.263 e. The van der Waals surface area contributed by atoms with Gasteiger partial charge in [0.1, 0.15) is 4.88 Å². The van der Waals surface area contributed by atoms with E-state index in [0.29, 0.717) is 20.3 Å². The number of hydrogen-bond acceptors (Lipinski definition) is 3. The first-order chi connectivity index (χ1) is 10.6. The Bertz CT molecular complexity index is 781. The van der Waals surface area contributed by atoms with Gasteiger partial charge in [0.15, 0.2) is 0 Å². The molecule has 1 aromatic heterocycles. The Morgan fingerprint density at radius 3 is 2.43 bits per heavy atom. The molecule has 0 aliphatic carbocycles. The summed E-state index contributed by atoms with van der Waals surface area (Å²) < 4.78 is 0.719. The van der Waals surface area contributed by atoms with Crippen molar-refractivity contribution in [1.29, 1.82) is 0 Å². The number of nitrogens with one attached hydrogen (secondary N) is 2. The number of rotatable bonds is 3. The fourth-order valence-corrected chi connectivity index (χ4v) is 4.26. The maximum atomic E-state index is 12.3. The van der Waals surface area contributed by atoms with Gasteiger partial charge in [0, 0.05) is 20.6 Å². The summed E-state index contributed by atoms with van der Waals surface area (Å²) in [5.74, 6) is -0.698. The Kier molecular flexibility index (Phi) is 5.46. The minimum atomic E-state index is -0.424. The lowest BCUT2D eigenvalue weighted by Crippen LogP contribution is -2.45. The second kappa shape index (κ2) is 6.85. The Hall–Kier alpha value is -1.01. The van der Waals surface area contributed by atoms with Crippen LogP contribution < -0.4 is 10.6 Å². The summed E-state index contributed by atoms with van der Waals surface area (Å²) in [7, 11) is 0. The molecule has 0 saturated carbocycles. The van der Waals surface area contributed by atoms with Crippen LogP contribution in [-0.4, -0.2) is 23.9 Å². The molecule has 2 rings (SSSR count). The van der Waals surface area contributed by atoms with Crippen LogP contribution in [0.15, 0.2) is 12.1 Å². The first kappa shape index (κ1) is 18.3. The number of carbonyl (C=O) groups excluding carboxylic acids is 2. The van der Waals surface area contributed by atoms with Gasteiger partial charge >= 0.3 is 0 Å². The predicted octanol–water partition coefficient (Wildman–Crippen LogP) is 4.51. The van der Waals surface area contributed by atoms with Crippen LogP contribution >= 0.6 is 46.1 Å². The molecule has 124 valence electrons. The number of benzene rings is 1. The number of carbonyl (C=O) groups is 2. The third-order valence-electron chi connectivity index (χ3n) is 2.78. The van der Waals surface area contributed by atoms with Crippen molar-refractivity contribution in [3.63, 3.8) is 0 Å². The Balaban J connectivity index is 2.17. The SMILES string of the molecule is CC(C)(C)NC(=O)CNC(=O)c1sc2cc(Cl)cc(Cl)c2c1Cl. The van der Waals surface area contributed by atoms with Crippen molar-refractivity contribution in [3.8, 4) is 0 Å². The van der Waals surface area contributed by atoms with Crippen molar-refractivity contribution in [2.45, 2.75) is 26.3 Å². The standard InChI is InChI=1S/C15H15Cl3N2O2S/c1-15(2,3)20-10(21)6-19-14(22)13-12(18)11-8(17)4-7(16)5-9(11)23-13/h4-5H,6H2,1-3H3,(H,19,22)(H,20,21). The van der Waals surface area contributed by atoms with Crippen LogP contribution in [-0.2, 0) is 4.79 Å². The van der Waals surface area contributed by atoms with Gasteiger partial charge < -0.3 is 10.6 Å². The lowest BCUT2D eigenvalue weighted by atomic mass is 10.1. The molecule has 0 saturated heterocycles. The van der Waals surface area contributed by atoms with Crippen LogP contribution in [0.4, 0.5) is 0 Å². The summed E-state index contributed by atoms with van der Waals surface area (Å²) in [6.07, 6.45) is 0. The van der Waals surface area contributed by atoms with Gasteiger partial charge in [-0.25, -0.2) is 0 Å². The fraction of sp³-hybridized carbons (Fsp3) is 0.333. The van der Waals surface area contributed by atoms with Crippen molar-refractivity contribution in [1.82, 2.24) is 10.6 Å². The van der Waals surface area contributed by atoms with Gasteiger partial charge in [-0.2, -0.15) is 0 Å². The highest BCUT2D eigenvalue weighted by Gasteiger charge is 2.21. The molecule has 0 aliphatic rings. The lowest BCUT2D eigenvalue weighted by Gasteiger charge is -2.20. The maximum absolute atomic E-state index is 12.3. The topological polar surface area (TPSA) is 58.2 Å². The largest absolute Gasteiger partial charge is 0.350 e. The van der Waals surface area contributed by atoms with Gasteiger partial charge in [0.2, 0.25) is 5.91 Å². The Morgan fingerprint density at radius 2 is 1.83 bits per heavy atom. The van der Waals surface area contributed by atoms with E-state index in [-0.39, 0.29) is 23.0 Å². The Labute approximate surface area is 153 Å². The molecule has 1 heterocycles. The van der Waals surface area contributed by atoms with Crippen LogP contribution in [0.25, 0.3) is 10.1 Å². The molecule has 2 aromatic rings. The van der Waals surface area contributed by atoms with E-state index >= 15 is 0 Å². The van der Waals surface area contributed by atoms with E-state index in [4.69, 9.17) is 34.8 Å². The van der Waals surface area contributed by atoms with Crippen LogP contribution in [0.3, 0.4) is 0 Å². The molecule has 1 aromatic carbocycles. The van der Waals surface area contributed by atoms with Crippen molar-refractivity contribution in [2.24, 2.45) is 0 Å². The molecule has 0 fully saturated rings. The molecule has 8 heteroatoms. The lowest BCUT2D eigenvalue weighted by molar-refractivity contribution is -0.121. The minimum Gasteiger partial charge on any atom is -0.350 e.